The molecule has 0 atom stereocenters. The van der Waals surface area contributed by atoms with Crippen LogP contribution in [0.15, 0.2) is 0 Å². The fraction of sp³-hybridized carbons (Fsp3) is 0.700. The van der Waals surface area contributed by atoms with E-state index in [0.29, 0.717) is 11.7 Å². The van der Waals surface area contributed by atoms with Crippen molar-refractivity contribution >= 4 is 11.6 Å². The number of nitrogens with zero attached hydrogens (tertiary/aromatic N) is 2. The van der Waals surface area contributed by atoms with Crippen LogP contribution in [0.2, 0.25) is 5.15 Å². The molecular weight excluding hydrogens is 214 g/mol. The zero-order chi connectivity index (χ0) is 11.1. The number of hydrogen-bond donors (Lipinski definition) is 2. The number of aliphatic hydroxyl groups excluding tert-OH is 1. The van der Waals surface area contributed by atoms with E-state index in [1.54, 1.807) is 4.68 Å². The Balaban J connectivity index is 2.05. The van der Waals surface area contributed by atoms with Gasteiger partial charge in [-0.05, 0) is 19.8 Å². The van der Waals surface area contributed by atoms with Gasteiger partial charge in [-0.1, -0.05) is 11.6 Å². The van der Waals surface area contributed by atoms with E-state index < -0.39 is 0 Å². The van der Waals surface area contributed by atoms with Crippen LogP contribution in [0, 0.1) is 6.92 Å². The van der Waals surface area contributed by atoms with Gasteiger partial charge in [-0.3, -0.25) is 4.68 Å². The third-order valence-electron chi connectivity index (χ3n) is 3.07. The number of nitrogens with one attached hydrogen (secondary N) is 1. The lowest BCUT2D eigenvalue weighted by atomic mass is 10.2. The molecule has 0 amide bonds. The van der Waals surface area contributed by atoms with Crippen molar-refractivity contribution in [1.29, 1.82) is 0 Å². The molecule has 15 heavy (non-hydrogen) atoms. The highest BCUT2D eigenvalue weighted by molar-refractivity contribution is 6.30. The van der Waals surface area contributed by atoms with Gasteiger partial charge in [0.2, 0.25) is 0 Å². The lowest BCUT2D eigenvalue weighted by Crippen LogP contribution is -2.34. The Hall–Kier alpha value is -0.580. The van der Waals surface area contributed by atoms with E-state index in [1.807, 2.05) is 14.0 Å². The molecule has 2 N–H and O–H groups in total. The molecule has 5 heteroatoms. The largest absolute Gasteiger partial charge is 0.394 e. The van der Waals surface area contributed by atoms with Crippen molar-refractivity contribution in [1.82, 2.24) is 15.1 Å². The molecule has 0 saturated heterocycles. The van der Waals surface area contributed by atoms with Crippen LogP contribution in [0.5, 0.6) is 0 Å². The minimum absolute atomic E-state index is 0.0500. The van der Waals surface area contributed by atoms with Gasteiger partial charge in [-0.25, -0.2) is 0 Å². The lowest BCUT2D eigenvalue weighted by molar-refractivity contribution is 0.229. The summed E-state index contributed by atoms with van der Waals surface area (Å²) in [5.41, 5.74) is 1.92. The molecule has 1 heterocycles. The predicted molar refractivity (Wildman–Crippen MR) is 58.8 cm³/mol. The van der Waals surface area contributed by atoms with Crippen molar-refractivity contribution in [3.8, 4) is 0 Å². The van der Waals surface area contributed by atoms with E-state index in [9.17, 15) is 0 Å². The first kappa shape index (κ1) is 10.9. The van der Waals surface area contributed by atoms with Crippen LogP contribution in [0.25, 0.3) is 0 Å². The third-order valence-corrected chi connectivity index (χ3v) is 3.54. The topological polar surface area (TPSA) is 50.1 Å². The second-order valence-electron chi connectivity index (χ2n) is 4.27. The van der Waals surface area contributed by atoms with Crippen LogP contribution in [-0.2, 0) is 13.6 Å². The van der Waals surface area contributed by atoms with Gasteiger partial charge < -0.3 is 10.4 Å². The van der Waals surface area contributed by atoms with Crippen molar-refractivity contribution in [3.63, 3.8) is 0 Å². The average molecular weight is 230 g/mol. The molecule has 0 aromatic carbocycles. The molecule has 1 aliphatic rings. The smallest absolute Gasteiger partial charge is 0.131 e. The molecule has 84 valence electrons. The summed E-state index contributed by atoms with van der Waals surface area (Å²) in [7, 11) is 1.83. The van der Waals surface area contributed by atoms with E-state index in [2.05, 4.69) is 10.4 Å². The van der Waals surface area contributed by atoms with E-state index in [-0.39, 0.29) is 12.1 Å². The molecule has 4 nitrogen and oxygen atoms in total. The van der Waals surface area contributed by atoms with Gasteiger partial charge in [0.15, 0.2) is 0 Å². The zero-order valence-electron chi connectivity index (χ0n) is 9.05. The van der Waals surface area contributed by atoms with Crippen LogP contribution in [0.4, 0.5) is 0 Å². The first-order valence-corrected chi connectivity index (χ1v) is 5.50. The highest BCUT2D eigenvalue weighted by Gasteiger charge is 2.41. The maximum Gasteiger partial charge on any atom is 0.131 e. The quantitative estimate of drug-likeness (QED) is 0.810. The Morgan fingerprint density at radius 2 is 2.27 bits per heavy atom. The maximum atomic E-state index is 9.16. The fourth-order valence-electron chi connectivity index (χ4n) is 1.69. The van der Waals surface area contributed by atoms with Crippen LogP contribution in [0.3, 0.4) is 0 Å². The summed E-state index contributed by atoms with van der Waals surface area (Å²) in [5.74, 6) is 0. The van der Waals surface area contributed by atoms with Gasteiger partial charge in [0.05, 0.1) is 12.3 Å². The van der Waals surface area contributed by atoms with Crippen LogP contribution >= 0.6 is 11.6 Å². The average Bonchev–Trinajstić information content (AvgIpc) is 2.93. The fourth-order valence-corrected chi connectivity index (χ4v) is 1.93. The molecule has 1 aromatic heterocycles. The second kappa shape index (κ2) is 3.77. The summed E-state index contributed by atoms with van der Waals surface area (Å²) < 4.78 is 1.67. The molecule has 1 aliphatic carbocycles. The molecule has 0 spiro atoms. The summed E-state index contributed by atoms with van der Waals surface area (Å²) >= 11 is 6.10. The molecule has 1 fully saturated rings. The molecule has 2 rings (SSSR count). The molecule has 1 aromatic rings. The number of aryl methyl sites for hydroxylation is 2. The number of aromatic nitrogens is 2. The van der Waals surface area contributed by atoms with Crippen molar-refractivity contribution in [2.24, 2.45) is 7.05 Å². The van der Waals surface area contributed by atoms with Crippen molar-refractivity contribution in [2.75, 3.05) is 6.61 Å². The standard InChI is InChI=1S/C10H16ClN3O/c1-7-8(9(11)14(2)13-7)5-12-10(6-15)3-4-10/h12,15H,3-6H2,1-2H3. The van der Waals surface area contributed by atoms with Crippen molar-refractivity contribution in [3.05, 3.63) is 16.4 Å². The number of hydrogen-bond acceptors (Lipinski definition) is 3. The van der Waals surface area contributed by atoms with E-state index in [4.69, 9.17) is 16.7 Å². The van der Waals surface area contributed by atoms with Gasteiger partial charge in [0.25, 0.3) is 0 Å². The van der Waals surface area contributed by atoms with E-state index in [0.717, 1.165) is 24.1 Å². The Bertz CT molecular complexity index is 371. The van der Waals surface area contributed by atoms with Crippen molar-refractivity contribution in [2.45, 2.75) is 31.8 Å². The highest BCUT2D eigenvalue weighted by Crippen LogP contribution is 2.35. The molecule has 0 unspecified atom stereocenters. The minimum atomic E-state index is -0.0500. The maximum absolute atomic E-state index is 9.16. The number of rotatable bonds is 4. The Morgan fingerprint density at radius 3 is 2.67 bits per heavy atom. The summed E-state index contributed by atoms with van der Waals surface area (Å²) in [6.45, 7) is 2.82. The van der Waals surface area contributed by atoms with Gasteiger partial charge in [0, 0.05) is 24.7 Å². The van der Waals surface area contributed by atoms with Gasteiger partial charge in [0.1, 0.15) is 5.15 Å². The Morgan fingerprint density at radius 1 is 1.60 bits per heavy atom. The first-order chi connectivity index (χ1) is 7.08. The third kappa shape index (κ3) is 2.02. The minimum Gasteiger partial charge on any atom is -0.394 e. The number of aliphatic hydroxyl groups is 1. The molecule has 0 radical (unpaired) electrons. The molecule has 1 saturated carbocycles. The first-order valence-electron chi connectivity index (χ1n) is 5.12. The van der Waals surface area contributed by atoms with Crippen LogP contribution < -0.4 is 5.32 Å². The molecule has 0 bridgehead atoms. The zero-order valence-corrected chi connectivity index (χ0v) is 9.80. The number of halogens is 1. The Kier molecular flexibility index (Phi) is 2.75. The predicted octanol–water partition coefficient (Wildman–Crippen LogP) is 0.996. The summed E-state index contributed by atoms with van der Waals surface area (Å²) in [4.78, 5) is 0. The lowest BCUT2D eigenvalue weighted by Gasteiger charge is -2.13. The molecule has 0 aliphatic heterocycles. The second-order valence-corrected chi connectivity index (χ2v) is 4.63. The summed E-state index contributed by atoms with van der Waals surface area (Å²) in [5, 5.41) is 17.4. The van der Waals surface area contributed by atoms with Gasteiger partial charge >= 0.3 is 0 Å². The van der Waals surface area contributed by atoms with Crippen LogP contribution in [0.1, 0.15) is 24.1 Å². The highest BCUT2D eigenvalue weighted by atomic mass is 35.5. The normalized spacial score (nSPS) is 18.1. The molecular formula is C10H16ClN3O. The summed E-state index contributed by atoms with van der Waals surface area (Å²) in [6, 6.07) is 0. The summed E-state index contributed by atoms with van der Waals surface area (Å²) in [6.07, 6.45) is 2.08. The van der Waals surface area contributed by atoms with Gasteiger partial charge in [-0.15, -0.1) is 0 Å². The van der Waals surface area contributed by atoms with E-state index in [1.165, 1.54) is 0 Å². The monoisotopic (exact) mass is 229 g/mol. The van der Waals surface area contributed by atoms with Gasteiger partial charge in [-0.2, -0.15) is 5.10 Å². The van der Waals surface area contributed by atoms with Crippen LogP contribution in [-0.4, -0.2) is 27.0 Å². The van der Waals surface area contributed by atoms with Crippen molar-refractivity contribution < 1.29 is 5.11 Å². The van der Waals surface area contributed by atoms with E-state index >= 15 is 0 Å². The Labute approximate surface area is 94.2 Å². The SMILES string of the molecule is Cc1nn(C)c(Cl)c1CNC1(CO)CC1.